The minimum absolute atomic E-state index is 0.190. The van der Waals surface area contributed by atoms with Crippen LogP contribution in [-0.4, -0.2) is 56.7 Å². The maximum Gasteiger partial charge on any atom is 0.303 e. The van der Waals surface area contributed by atoms with Crippen LogP contribution >= 0.6 is 0 Å². The molecule has 0 aromatic heterocycles. The zero-order valence-corrected chi connectivity index (χ0v) is 20.0. The molecule has 4 rings (SSSR count). The molecule has 34 heavy (non-hydrogen) atoms. The van der Waals surface area contributed by atoms with Crippen LogP contribution in [-0.2, 0) is 11.2 Å². The number of allylic oxidation sites excluding steroid dienone is 2. The number of unbranched alkanes of at least 4 members (excludes halogenated alkanes) is 2. The molecule has 1 aromatic carbocycles. The Kier molecular flexibility index (Phi) is 7.92. The van der Waals surface area contributed by atoms with Gasteiger partial charge in [-0.25, -0.2) is 10.4 Å². The first-order valence-electron chi connectivity index (χ1n) is 12.1. The number of carboxylic acid groups (broad SMARTS) is 1. The number of aliphatic imine (C=N–C) groups is 1. The van der Waals surface area contributed by atoms with Gasteiger partial charge in [-0.2, -0.15) is 5.10 Å². The van der Waals surface area contributed by atoms with Crippen LogP contribution in [0.4, 0.5) is 0 Å². The molecule has 184 valence electrons. The van der Waals surface area contributed by atoms with Crippen molar-refractivity contribution in [2.24, 2.45) is 10.1 Å². The lowest BCUT2D eigenvalue weighted by Gasteiger charge is -2.20. The van der Waals surface area contributed by atoms with Crippen LogP contribution in [0.15, 0.2) is 21.7 Å². The lowest BCUT2D eigenvalue weighted by molar-refractivity contribution is -0.137. The highest BCUT2D eigenvalue weighted by atomic mass is 16.5. The van der Waals surface area contributed by atoms with Crippen molar-refractivity contribution in [2.75, 3.05) is 33.9 Å². The number of hydrogen-bond donors (Lipinski definition) is 3. The second-order valence-electron chi connectivity index (χ2n) is 8.67. The van der Waals surface area contributed by atoms with E-state index in [1.165, 1.54) is 16.7 Å². The highest BCUT2D eigenvalue weighted by molar-refractivity contribution is 6.09. The van der Waals surface area contributed by atoms with Gasteiger partial charge in [0.1, 0.15) is 0 Å². The van der Waals surface area contributed by atoms with E-state index < -0.39 is 5.97 Å². The van der Waals surface area contributed by atoms with Crippen molar-refractivity contribution in [2.45, 2.75) is 57.8 Å². The fourth-order valence-corrected chi connectivity index (χ4v) is 4.89. The van der Waals surface area contributed by atoms with E-state index in [-0.39, 0.29) is 6.42 Å². The normalized spacial score (nSPS) is 18.1. The number of ether oxygens (including phenoxy) is 3. The summed E-state index contributed by atoms with van der Waals surface area (Å²) in [5.74, 6) is 1.95. The number of nitrogens with one attached hydrogen (secondary N) is 2. The van der Waals surface area contributed by atoms with Crippen molar-refractivity contribution in [1.29, 1.82) is 0 Å². The maximum absolute atomic E-state index is 10.7. The molecule has 9 nitrogen and oxygen atoms in total. The third-order valence-corrected chi connectivity index (χ3v) is 6.45. The summed E-state index contributed by atoms with van der Waals surface area (Å²) < 4.78 is 17.8. The van der Waals surface area contributed by atoms with Gasteiger partial charge in [0.15, 0.2) is 11.5 Å². The Bertz CT molecular complexity index is 1020. The zero-order chi connectivity index (χ0) is 23.9. The molecule has 9 heteroatoms. The minimum atomic E-state index is -0.760. The molecule has 0 saturated heterocycles. The maximum atomic E-state index is 10.7. The number of rotatable bonds is 10. The van der Waals surface area contributed by atoms with Crippen molar-refractivity contribution >= 4 is 23.2 Å². The number of fused-ring (bicyclic) bond motifs is 2. The molecular weight excluding hydrogens is 436 g/mol. The molecule has 0 atom stereocenters. The van der Waals surface area contributed by atoms with E-state index in [2.05, 4.69) is 21.8 Å². The second-order valence-corrected chi connectivity index (χ2v) is 8.67. The number of benzene rings is 1. The summed E-state index contributed by atoms with van der Waals surface area (Å²) in [6.45, 7) is 2.11. The minimum Gasteiger partial charge on any atom is -0.492 e. The molecule has 0 spiro atoms. The van der Waals surface area contributed by atoms with Gasteiger partial charge in [-0.05, 0) is 74.1 Å². The number of guanidine groups is 1. The van der Waals surface area contributed by atoms with Gasteiger partial charge >= 0.3 is 5.97 Å². The van der Waals surface area contributed by atoms with Crippen LogP contribution in [0, 0.1) is 0 Å². The molecule has 3 N–H and O–H groups in total. The first-order valence-corrected chi connectivity index (χ1v) is 12.1. The molecule has 0 saturated carbocycles. The van der Waals surface area contributed by atoms with Gasteiger partial charge in [0, 0.05) is 18.5 Å². The monoisotopic (exact) mass is 470 g/mol. The molecule has 1 heterocycles. The summed E-state index contributed by atoms with van der Waals surface area (Å²) in [4.78, 5) is 15.1. The van der Waals surface area contributed by atoms with Gasteiger partial charge in [0.25, 0.3) is 0 Å². The Morgan fingerprint density at radius 1 is 1.12 bits per heavy atom. The Morgan fingerprint density at radius 3 is 2.68 bits per heavy atom. The van der Waals surface area contributed by atoms with Gasteiger partial charge in [-0.1, -0.05) is 0 Å². The first-order chi connectivity index (χ1) is 16.6. The average Bonchev–Trinajstić information content (AvgIpc) is 3.50. The summed E-state index contributed by atoms with van der Waals surface area (Å²) in [5.41, 5.74) is 9.04. The van der Waals surface area contributed by atoms with Gasteiger partial charge in [-0.3, -0.25) is 4.79 Å². The molecule has 0 radical (unpaired) electrons. The van der Waals surface area contributed by atoms with E-state index in [1.807, 2.05) is 0 Å². The summed E-state index contributed by atoms with van der Waals surface area (Å²) in [5, 5.41) is 16.7. The Labute approximate surface area is 200 Å². The molecular formula is C25H34N4O5. The quantitative estimate of drug-likeness (QED) is 0.354. The third-order valence-electron chi connectivity index (χ3n) is 6.45. The van der Waals surface area contributed by atoms with E-state index in [1.54, 1.807) is 14.2 Å². The van der Waals surface area contributed by atoms with Crippen LogP contribution in [0.1, 0.15) is 62.5 Å². The topological polar surface area (TPSA) is 114 Å². The molecule has 1 aliphatic heterocycles. The van der Waals surface area contributed by atoms with Gasteiger partial charge in [0.05, 0.1) is 33.1 Å². The van der Waals surface area contributed by atoms with Crippen molar-refractivity contribution in [3.8, 4) is 17.2 Å². The van der Waals surface area contributed by atoms with Gasteiger partial charge in [0.2, 0.25) is 11.7 Å². The molecule has 0 bridgehead atoms. The van der Waals surface area contributed by atoms with Crippen LogP contribution in [0.25, 0.3) is 5.57 Å². The average molecular weight is 471 g/mol. The van der Waals surface area contributed by atoms with E-state index in [9.17, 15) is 4.79 Å². The van der Waals surface area contributed by atoms with E-state index >= 15 is 0 Å². The smallest absolute Gasteiger partial charge is 0.303 e. The Morgan fingerprint density at radius 2 is 1.94 bits per heavy atom. The zero-order valence-electron chi connectivity index (χ0n) is 20.0. The van der Waals surface area contributed by atoms with Crippen LogP contribution in [0.2, 0.25) is 0 Å². The van der Waals surface area contributed by atoms with Crippen molar-refractivity contribution in [3.05, 3.63) is 22.8 Å². The molecule has 0 amide bonds. The lowest BCUT2D eigenvalue weighted by Crippen LogP contribution is -2.31. The van der Waals surface area contributed by atoms with Crippen molar-refractivity contribution in [1.82, 2.24) is 10.7 Å². The number of aryl methyl sites for hydroxylation is 1. The fraction of sp³-hybridized carbons (Fsp3) is 0.560. The van der Waals surface area contributed by atoms with Gasteiger partial charge in [-0.15, -0.1) is 0 Å². The number of nitrogens with zero attached hydrogens (tertiary/aromatic N) is 2. The molecule has 1 aromatic rings. The van der Waals surface area contributed by atoms with Crippen LogP contribution < -0.4 is 25.0 Å². The Hall–Kier alpha value is -3.23. The third kappa shape index (κ3) is 5.29. The van der Waals surface area contributed by atoms with E-state index in [0.717, 1.165) is 75.3 Å². The summed E-state index contributed by atoms with van der Waals surface area (Å²) in [7, 11) is 3.31. The highest BCUT2D eigenvalue weighted by Gasteiger charge is 2.31. The molecule has 0 unspecified atom stereocenters. The summed E-state index contributed by atoms with van der Waals surface area (Å²) >= 11 is 0. The largest absolute Gasteiger partial charge is 0.492 e. The van der Waals surface area contributed by atoms with E-state index in [4.69, 9.17) is 24.4 Å². The lowest BCUT2D eigenvalue weighted by atomic mass is 9.95. The molecule has 0 fully saturated rings. The second kappa shape index (κ2) is 11.3. The number of hydrogen-bond acceptors (Lipinski definition) is 8. The van der Waals surface area contributed by atoms with Crippen LogP contribution in [0.5, 0.6) is 17.2 Å². The molecule has 3 aliphatic rings. The predicted molar refractivity (Wildman–Crippen MR) is 131 cm³/mol. The number of aliphatic carboxylic acids is 1. The number of carboxylic acids is 1. The standard InChI is InChI=1S/C25H34N4O5/c1-32-23-20(34-14-5-3-4-9-21(30)31)15-16-10-11-19(28-29-25-26-12-13-27-25)17-7-6-8-18(17)22(16)24(23)33-2/h15H,3-14H2,1-2H3,(H,30,31)(H2,26,27,29). The fourth-order valence-electron chi connectivity index (χ4n) is 4.89. The van der Waals surface area contributed by atoms with Crippen molar-refractivity contribution in [3.63, 3.8) is 0 Å². The first kappa shape index (κ1) is 23.9. The SMILES string of the molecule is COc1c(OCCCCCC(=O)O)cc2c(c1OC)C1=C(CCC1)C(=NNC1=NCCN1)CC2. The predicted octanol–water partition coefficient (Wildman–Crippen LogP) is 3.52. The van der Waals surface area contributed by atoms with Gasteiger partial charge < -0.3 is 24.6 Å². The highest BCUT2D eigenvalue weighted by Crippen LogP contribution is 2.50. The summed E-state index contributed by atoms with van der Waals surface area (Å²) in [6.07, 6.45) is 7.12. The Balaban J connectivity index is 1.58. The summed E-state index contributed by atoms with van der Waals surface area (Å²) in [6, 6.07) is 2.08. The van der Waals surface area contributed by atoms with Crippen LogP contribution in [0.3, 0.4) is 0 Å². The molecule has 2 aliphatic carbocycles. The number of hydrazone groups is 1. The van der Waals surface area contributed by atoms with E-state index in [0.29, 0.717) is 30.3 Å². The number of carbonyl (C=O) groups is 1. The number of methoxy groups -OCH3 is 2. The van der Waals surface area contributed by atoms with Crippen molar-refractivity contribution < 1.29 is 24.1 Å².